The van der Waals surface area contributed by atoms with Crippen molar-refractivity contribution in [2.24, 2.45) is 0 Å². The van der Waals surface area contributed by atoms with E-state index in [1.807, 2.05) is 0 Å². The monoisotopic (exact) mass is 756 g/mol. The zero-order chi connectivity index (χ0) is 38.1. The van der Waals surface area contributed by atoms with Gasteiger partial charge in [-0.15, -0.1) is 0 Å². The van der Waals surface area contributed by atoms with Gasteiger partial charge in [0.25, 0.3) is 7.77 Å². The van der Waals surface area contributed by atoms with Crippen LogP contribution in [0.2, 0.25) is 0 Å². The molecule has 8 aromatic carbocycles. The van der Waals surface area contributed by atoms with E-state index in [4.69, 9.17) is 0 Å². The van der Waals surface area contributed by atoms with Gasteiger partial charge in [-0.3, -0.25) is 0 Å². The molecule has 3 unspecified atom stereocenters. The molecule has 0 saturated carbocycles. The molecular formula is C55H35NOP+. The van der Waals surface area contributed by atoms with Crippen LogP contribution in [0.3, 0.4) is 0 Å². The van der Waals surface area contributed by atoms with Gasteiger partial charge in [-0.1, -0.05) is 182 Å². The van der Waals surface area contributed by atoms with Crippen molar-refractivity contribution in [3.05, 3.63) is 234 Å². The third kappa shape index (κ3) is 4.03. The fourth-order valence-corrected chi connectivity index (χ4v) is 13.0. The second-order valence-corrected chi connectivity index (χ2v) is 17.5. The van der Waals surface area contributed by atoms with Crippen LogP contribution in [-0.2, 0) is 5.41 Å². The number of nitrogens with zero attached hydrogens (tertiary/aromatic N) is 1. The first-order valence-corrected chi connectivity index (χ1v) is 21.4. The van der Waals surface area contributed by atoms with Crippen LogP contribution in [0.4, 0.5) is 0 Å². The number of hydrogen-bond acceptors (Lipinski definition) is 1. The summed E-state index contributed by atoms with van der Waals surface area (Å²) >= 11 is 0. The summed E-state index contributed by atoms with van der Waals surface area (Å²) < 4.78 is 2.50. The van der Waals surface area contributed by atoms with Crippen LogP contribution in [-0.4, -0.2) is 14.8 Å². The standard InChI is InChI=1S/C55H35NOP/c57-58-53-39(36-16-5-2-6-17-36)20-11-22-42(53)43-32-33-46-51(54(43)58)50-38(37-30-28-35(29-31-37)34-14-3-1-4-15-34)19-12-24-45(50)55(46)44-23-8-10-27-49(44)56-48-26-9-7-18-40(48)41-21-13-25-47(55)52(41)56/h1-33,39,57H/q+1. The van der Waals surface area contributed by atoms with Gasteiger partial charge in [-0.25, -0.2) is 0 Å². The zero-order valence-corrected chi connectivity index (χ0v) is 32.4. The van der Waals surface area contributed by atoms with Gasteiger partial charge >= 0.3 is 0 Å². The quantitative estimate of drug-likeness (QED) is 0.178. The van der Waals surface area contributed by atoms with E-state index in [0.717, 1.165) is 16.2 Å². The van der Waals surface area contributed by atoms with Gasteiger partial charge in [0.15, 0.2) is 10.6 Å². The summed E-state index contributed by atoms with van der Waals surface area (Å²) in [5.41, 5.74) is 18.8. The molecule has 0 amide bonds. The highest BCUT2D eigenvalue weighted by atomic mass is 31.1. The topological polar surface area (TPSA) is 25.2 Å². The fourth-order valence-electron chi connectivity index (χ4n) is 11.0. The van der Waals surface area contributed by atoms with Gasteiger partial charge in [-0.05, 0) is 73.8 Å². The molecule has 9 aromatic rings. The van der Waals surface area contributed by atoms with Gasteiger partial charge in [-0.2, -0.15) is 4.89 Å². The van der Waals surface area contributed by atoms with Crippen molar-refractivity contribution < 1.29 is 4.89 Å². The maximum Gasteiger partial charge on any atom is 0.297 e. The predicted octanol–water partition coefficient (Wildman–Crippen LogP) is 12.7. The maximum atomic E-state index is 13.1. The van der Waals surface area contributed by atoms with Crippen LogP contribution in [0.25, 0.3) is 66.4 Å². The van der Waals surface area contributed by atoms with Crippen molar-refractivity contribution in [3.63, 3.8) is 0 Å². The highest BCUT2D eigenvalue weighted by molar-refractivity contribution is 7.64. The third-order valence-electron chi connectivity index (χ3n) is 13.3. The lowest BCUT2D eigenvalue weighted by Gasteiger charge is -2.39. The summed E-state index contributed by atoms with van der Waals surface area (Å²) in [6, 6.07) is 66.9. The molecule has 2 nitrogen and oxygen atoms in total. The molecule has 270 valence electrons. The lowest BCUT2D eigenvalue weighted by atomic mass is 9.65. The highest BCUT2D eigenvalue weighted by Crippen LogP contribution is 2.64. The molecule has 3 heteroatoms. The minimum atomic E-state index is -1.67. The third-order valence-corrected chi connectivity index (χ3v) is 15.1. The van der Waals surface area contributed by atoms with Crippen LogP contribution in [0.1, 0.15) is 39.3 Å². The molecule has 13 rings (SSSR count). The molecule has 1 spiro atoms. The number of hydrogen-bond donors (Lipinski definition) is 1. The van der Waals surface area contributed by atoms with E-state index in [2.05, 4.69) is 205 Å². The zero-order valence-electron chi connectivity index (χ0n) is 31.5. The SMILES string of the molecule is O[P+]1=C2C(=CC=CC2c2ccccc2)c2ccc3c(c21)-c1c(-c2ccc(-c4ccccc4)cc2)cccc1C31c2ccccc2-n2c3ccccc3c3cccc1c32. The van der Waals surface area contributed by atoms with Crippen molar-refractivity contribution in [2.75, 3.05) is 0 Å². The summed E-state index contributed by atoms with van der Waals surface area (Å²) in [5, 5.41) is 4.74. The summed E-state index contributed by atoms with van der Waals surface area (Å²) in [5.74, 6) is 0.0100. The van der Waals surface area contributed by atoms with Crippen LogP contribution in [0, 0.1) is 0 Å². The lowest BCUT2D eigenvalue weighted by molar-refractivity contribution is 0.651. The minimum Gasteiger partial charge on any atom is -0.309 e. The van der Waals surface area contributed by atoms with Gasteiger partial charge in [0.05, 0.1) is 28.1 Å². The lowest BCUT2D eigenvalue weighted by Crippen LogP contribution is -2.33. The molecule has 0 saturated heterocycles. The number of allylic oxidation sites excluding steroid dienone is 4. The molecule has 0 bridgehead atoms. The molecular weight excluding hydrogens is 722 g/mol. The Balaban J connectivity index is 1.17. The number of para-hydroxylation sites is 3. The first-order chi connectivity index (χ1) is 28.7. The number of benzene rings is 8. The van der Waals surface area contributed by atoms with E-state index in [-0.39, 0.29) is 5.92 Å². The first kappa shape index (κ1) is 32.3. The van der Waals surface area contributed by atoms with Gasteiger partial charge in [0.1, 0.15) is 0 Å². The Morgan fingerprint density at radius 3 is 2.02 bits per heavy atom. The number of fused-ring (bicyclic) bond motifs is 16. The molecule has 0 radical (unpaired) electrons. The van der Waals surface area contributed by atoms with Crippen LogP contribution >= 0.6 is 7.77 Å². The van der Waals surface area contributed by atoms with E-state index in [9.17, 15) is 4.89 Å². The largest absolute Gasteiger partial charge is 0.309 e. The average molecular weight is 757 g/mol. The van der Waals surface area contributed by atoms with Crippen molar-refractivity contribution in [1.29, 1.82) is 0 Å². The van der Waals surface area contributed by atoms with Crippen LogP contribution < -0.4 is 5.30 Å². The molecule has 2 aliphatic carbocycles. The maximum absolute atomic E-state index is 13.1. The van der Waals surface area contributed by atoms with Crippen LogP contribution in [0.15, 0.2) is 200 Å². The minimum absolute atomic E-state index is 0.0100. The first-order valence-electron chi connectivity index (χ1n) is 20.1. The van der Waals surface area contributed by atoms with E-state index >= 15 is 0 Å². The molecule has 2 aliphatic heterocycles. The van der Waals surface area contributed by atoms with E-state index in [0.29, 0.717) is 0 Å². The second kappa shape index (κ2) is 11.9. The predicted molar refractivity (Wildman–Crippen MR) is 243 cm³/mol. The number of rotatable bonds is 3. The normalized spacial score (nSPS) is 18.6. The van der Waals surface area contributed by atoms with Crippen molar-refractivity contribution in [1.82, 2.24) is 4.57 Å². The average Bonchev–Trinajstić information content (AvgIpc) is 3.90. The molecule has 4 aliphatic rings. The van der Waals surface area contributed by atoms with E-state index in [1.165, 1.54) is 94.3 Å². The smallest absolute Gasteiger partial charge is 0.297 e. The molecule has 3 heterocycles. The van der Waals surface area contributed by atoms with E-state index < -0.39 is 13.2 Å². The Hall–Kier alpha value is -6.83. The Morgan fingerprint density at radius 2 is 1.16 bits per heavy atom. The van der Waals surface area contributed by atoms with Gasteiger partial charge in [0, 0.05) is 27.5 Å². The Labute approximate surface area is 337 Å². The fraction of sp³-hybridized carbons (Fsp3) is 0.0364. The number of aromatic nitrogens is 1. The summed E-state index contributed by atoms with van der Waals surface area (Å²) in [6.07, 6.45) is 6.68. The van der Waals surface area contributed by atoms with Crippen molar-refractivity contribution in [3.8, 4) is 39.1 Å². The second-order valence-electron chi connectivity index (χ2n) is 15.9. The van der Waals surface area contributed by atoms with Gasteiger partial charge < -0.3 is 4.57 Å². The molecule has 1 aromatic heterocycles. The Morgan fingerprint density at radius 1 is 0.500 bits per heavy atom. The summed E-state index contributed by atoms with van der Waals surface area (Å²) in [7, 11) is -1.67. The van der Waals surface area contributed by atoms with E-state index in [1.54, 1.807) is 0 Å². The molecule has 0 fully saturated rings. The molecule has 3 atom stereocenters. The summed E-state index contributed by atoms with van der Waals surface area (Å²) in [4.78, 5) is 13.1. The Bertz CT molecular complexity index is 3330. The summed E-state index contributed by atoms with van der Waals surface area (Å²) in [6.45, 7) is 0. The molecule has 1 N–H and O–H groups in total. The highest BCUT2D eigenvalue weighted by Gasteiger charge is 2.55. The van der Waals surface area contributed by atoms with Crippen LogP contribution in [0.5, 0.6) is 0 Å². The van der Waals surface area contributed by atoms with Crippen molar-refractivity contribution in [2.45, 2.75) is 11.3 Å². The van der Waals surface area contributed by atoms with Crippen molar-refractivity contribution >= 4 is 45.7 Å². The molecule has 58 heavy (non-hydrogen) atoms. The van der Waals surface area contributed by atoms with Gasteiger partial charge in [0.2, 0.25) is 0 Å². The Kier molecular flexibility index (Phi) is 6.59.